The summed E-state index contributed by atoms with van der Waals surface area (Å²) in [5, 5.41) is 11.7. The summed E-state index contributed by atoms with van der Waals surface area (Å²) >= 11 is 0. The first-order valence-corrected chi connectivity index (χ1v) is 9.43. The van der Waals surface area contributed by atoms with Gasteiger partial charge in [-0.3, -0.25) is 9.59 Å². The van der Waals surface area contributed by atoms with Crippen LogP contribution in [0.25, 0.3) is 0 Å². The number of ether oxygens (including phenoxy) is 2. The Kier molecular flexibility index (Phi) is 11.7. The highest BCUT2D eigenvalue weighted by Gasteiger charge is 2.25. The highest BCUT2D eigenvalue weighted by atomic mass is 16.7. The second-order valence-electron chi connectivity index (χ2n) is 7.58. The maximum Gasteiger partial charge on any atom is 0.410 e. The van der Waals surface area contributed by atoms with Crippen molar-refractivity contribution < 1.29 is 29.0 Å². The van der Waals surface area contributed by atoms with E-state index in [1.54, 1.807) is 27.7 Å². The third kappa shape index (κ3) is 10.9. The molecular formula is C19H35NO6. The summed E-state index contributed by atoms with van der Waals surface area (Å²) in [4.78, 5) is 34.8. The molecule has 7 nitrogen and oxygen atoms in total. The lowest BCUT2D eigenvalue weighted by atomic mass is 9.90. The minimum absolute atomic E-state index is 0.00964. The summed E-state index contributed by atoms with van der Waals surface area (Å²) in [6, 6.07) is 0. The van der Waals surface area contributed by atoms with E-state index in [2.05, 4.69) is 19.2 Å². The third-order valence-electron chi connectivity index (χ3n) is 3.99. The number of rotatable bonds is 12. The zero-order valence-corrected chi connectivity index (χ0v) is 16.9. The third-order valence-corrected chi connectivity index (χ3v) is 3.99. The minimum atomic E-state index is -0.971. The number of nitrogens with one attached hydrogen (secondary N) is 1. The van der Waals surface area contributed by atoms with Crippen LogP contribution in [-0.2, 0) is 19.1 Å². The van der Waals surface area contributed by atoms with Crippen molar-refractivity contribution in [2.45, 2.75) is 73.5 Å². The Balaban J connectivity index is 4.62. The van der Waals surface area contributed by atoms with Gasteiger partial charge < -0.3 is 19.9 Å². The Hall–Kier alpha value is -1.79. The molecule has 0 saturated carbocycles. The van der Waals surface area contributed by atoms with Gasteiger partial charge >= 0.3 is 18.0 Å². The summed E-state index contributed by atoms with van der Waals surface area (Å²) in [6.07, 6.45) is 1.08. The molecule has 3 atom stereocenters. The highest BCUT2D eigenvalue weighted by molar-refractivity contribution is 5.72. The van der Waals surface area contributed by atoms with Gasteiger partial charge in [0.15, 0.2) is 0 Å². The zero-order valence-electron chi connectivity index (χ0n) is 16.9. The number of alkyl carbamates (subject to hydrolysis) is 1. The first kappa shape index (κ1) is 24.2. The molecule has 0 aliphatic rings. The van der Waals surface area contributed by atoms with E-state index in [9.17, 15) is 14.4 Å². The molecule has 0 aromatic carbocycles. The zero-order chi connectivity index (χ0) is 20.3. The molecule has 0 fully saturated rings. The summed E-state index contributed by atoms with van der Waals surface area (Å²) in [5.41, 5.74) is 0. The number of hydrogen-bond acceptors (Lipinski definition) is 5. The van der Waals surface area contributed by atoms with Crippen LogP contribution in [0.4, 0.5) is 4.79 Å². The average molecular weight is 373 g/mol. The first-order chi connectivity index (χ1) is 12.1. The molecule has 0 saturated heterocycles. The molecule has 0 radical (unpaired) electrons. The van der Waals surface area contributed by atoms with Crippen molar-refractivity contribution in [3.63, 3.8) is 0 Å². The summed E-state index contributed by atoms with van der Waals surface area (Å²) < 4.78 is 10.4. The van der Waals surface area contributed by atoms with E-state index in [0.29, 0.717) is 5.92 Å². The first-order valence-electron chi connectivity index (χ1n) is 9.43. The molecule has 7 heteroatoms. The van der Waals surface area contributed by atoms with Gasteiger partial charge in [0.05, 0.1) is 5.92 Å². The molecule has 0 heterocycles. The average Bonchev–Trinajstić information content (AvgIpc) is 2.51. The van der Waals surface area contributed by atoms with Crippen LogP contribution in [0.2, 0.25) is 0 Å². The van der Waals surface area contributed by atoms with Crippen LogP contribution in [0.15, 0.2) is 0 Å². The number of esters is 1. The van der Waals surface area contributed by atoms with Crippen LogP contribution in [-0.4, -0.2) is 36.0 Å². The Labute approximate surface area is 156 Å². The van der Waals surface area contributed by atoms with E-state index >= 15 is 0 Å². The van der Waals surface area contributed by atoms with Gasteiger partial charge in [-0.1, -0.05) is 54.4 Å². The molecular weight excluding hydrogens is 338 g/mol. The van der Waals surface area contributed by atoms with Crippen molar-refractivity contribution in [2.75, 3.05) is 6.54 Å². The van der Waals surface area contributed by atoms with E-state index in [-0.39, 0.29) is 30.7 Å². The Bertz CT molecular complexity index is 449. The predicted octanol–water partition coefficient (Wildman–Crippen LogP) is 3.81. The molecule has 1 amide bonds. The maximum absolute atomic E-state index is 12.0. The van der Waals surface area contributed by atoms with Gasteiger partial charge in [-0.2, -0.15) is 0 Å². The van der Waals surface area contributed by atoms with E-state index < -0.39 is 24.3 Å². The van der Waals surface area contributed by atoms with Crippen LogP contribution in [0.3, 0.4) is 0 Å². The Morgan fingerprint density at radius 3 is 2.12 bits per heavy atom. The normalized spacial score (nSPS) is 14.6. The summed E-state index contributed by atoms with van der Waals surface area (Å²) in [6.45, 7) is 11.3. The molecule has 2 N–H and O–H groups in total. The van der Waals surface area contributed by atoms with Crippen molar-refractivity contribution in [1.82, 2.24) is 5.32 Å². The van der Waals surface area contributed by atoms with Gasteiger partial charge in [-0.25, -0.2) is 4.79 Å². The molecule has 0 aromatic rings. The van der Waals surface area contributed by atoms with Gasteiger partial charge in [-0.15, -0.1) is 0 Å². The Morgan fingerprint density at radius 1 is 1.04 bits per heavy atom. The Morgan fingerprint density at radius 2 is 1.65 bits per heavy atom. The van der Waals surface area contributed by atoms with Crippen molar-refractivity contribution in [3.05, 3.63) is 0 Å². The van der Waals surface area contributed by atoms with Crippen molar-refractivity contribution in [1.29, 1.82) is 0 Å². The number of carbonyl (C=O) groups is 3. The predicted molar refractivity (Wildman–Crippen MR) is 98.5 cm³/mol. The molecule has 0 spiro atoms. The van der Waals surface area contributed by atoms with E-state index in [0.717, 1.165) is 19.3 Å². The molecule has 0 aliphatic heterocycles. The number of carboxylic acids is 1. The highest BCUT2D eigenvalue weighted by Crippen LogP contribution is 2.19. The standard InChI is InChI=1S/C19H35NO6/c1-7-8-14(6)9-15(10-16(21)22)11-20-19(24)26-18(13(4)5)25-17(23)12(2)3/h12-15,18H,7-11H2,1-6H3,(H,20,24)(H,21,22)/t14-,15+,18+/m1/s1. The lowest BCUT2D eigenvalue weighted by Gasteiger charge is -2.24. The maximum atomic E-state index is 12.0. The van der Waals surface area contributed by atoms with Crippen molar-refractivity contribution >= 4 is 18.0 Å². The van der Waals surface area contributed by atoms with Crippen molar-refractivity contribution in [2.24, 2.45) is 23.7 Å². The molecule has 152 valence electrons. The minimum Gasteiger partial charge on any atom is -0.481 e. The number of carbonyl (C=O) groups excluding carboxylic acids is 2. The quantitative estimate of drug-likeness (QED) is 0.398. The summed E-state index contributed by atoms with van der Waals surface area (Å²) in [7, 11) is 0. The second-order valence-corrected chi connectivity index (χ2v) is 7.58. The number of hydrogen-bond donors (Lipinski definition) is 2. The van der Waals surface area contributed by atoms with Gasteiger partial charge in [-0.05, 0) is 18.3 Å². The van der Waals surface area contributed by atoms with Gasteiger partial charge in [0.2, 0.25) is 0 Å². The molecule has 26 heavy (non-hydrogen) atoms. The fraction of sp³-hybridized carbons (Fsp3) is 0.842. The van der Waals surface area contributed by atoms with Crippen LogP contribution in [0.1, 0.15) is 67.2 Å². The molecule has 0 unspecified atom stereocenters. The van der Waals surface area contributed by atoms with Crippen LogP contribution >= 0.6 is 0 Å². The number of aliphatic carboxylic acids is 1. The number of carboxylic acid groups (broad SMARTS) is 1. The fourth-order valence-electron chi connectivity index (χ4n) is 2.59. The van der Waals surface area contributed by atoms with Crippen LogP contribution < -0.4 is 5.32 Å². The van der Waals surface area contributed by atoms with E-state index in [1.807, 2.05) is 0 Å². The smallest absolute Gasteiger partial charge is 0.410 e. The van der Waals surface area contributed by atoms with Gasteiger partial charge in [0.1, 0.15) is 0 Å². The largest absolute Gasteiger partial charge is 0.481 e. The molecule has 0 bridgehead atoms. The molecule has 0 aromatic heterocycles. The SMILES string of the molecule is CCC[C@@H](C)C[C@H](CNC(=O)O[C@H](OC(=O)C(C)C)C(C)C)CC(=O)O. The van der Waals surface area contributed by atoms with Gasteiger partial charge in [0.25, 0.3) is 6.29 Å². The van der Waals surface area contributed by atoms with Crippen LogP contribution in [0.5, 0.6) is 0 Å². The number of amides is 1. The molecule has 0 aliphatic carbocycles. The topological polar surface area (TPSA) is 102 Å². The van der Waals surface area contributed by atoms with E-state index in [4.69, 9.17) is 14.6 Å². The lowest BCUT2D eigenvalue weighted by Crippen LogP contribution is -2.37. The molecule has 0 rings (SSSR count). The monoisotopic (exact) mass is 373 g/mol. The van der Waals surface area contributed by atoms with Gasteiger partial charge in [0, 0.05) is 18.9 Å². The fourth-order valence-corrected chi connectivity index (χ4v) is 2.59. The second kappa shape index (κ2) is 12.5. The summed E-state index contributed by atoms with van der Waals surface area (Å²) in [5.74, 6) is -1.62. The lowest BCUT2D eigenvalue weighted by molar-refractivity contribution is -0.178. The van der Waals surface area contributed by atoms with E-state index in [1.165, 1.54) is 0 Å². The van der Waals surface area contributed by atoms with Crippen molar-refractivity contribution in [3.8, 4) is 0 Å². The van der Waals surface area contributed by atoms with Crippen LogP contribution in [0, 0.1) is 23.7 Å².